The second kappa shape index (κ2) is 7.85. The fourth-order valence-electron chi connectivity index (χ4n) is 2.98. The molecule has 0 radical (unpaired) electrons. The summed E-state index contributed by atoms with van der Waals surface area (Å²) < 4.78 is 31.0. The van der Waals surface area contributed by atoms with Crippen LogP contribution in [-0.4, -0.2) is 14.2 Å². The first-order chi connectivity index (χ1) is 12.4. The van der Waals surface area contributed by atoms with E-state index < -0.39 is 10.1 Å². The van der Waals surface area contributed by atoms with Gasteiger partial charge in [-0.3, -0.25) is 0 Å². The largest absolute Gasteiger partial charge is 0.379 e. The van der Waals surface area contributed by atoms with Crippen molar-refractivity contribution in [1.82, 2.24) is 0 Å². The van der Waals surface area contributed by atoms with Crippen LogP contribution in [0.4, 0.5) is 0 Å². The van der Waals surface area contributed by atoms with Crippen molar-refractivity contribution < 1.29 is 17.4 Å². The number of ketones is 1. The molecule has 0 heterocycles. The number of Topliss-reactive ketones (excluding diaryl/α,β-unsaturated/α-hetero) is 1. The van der Waals surface area contributed by atoms with Gasteiger partial charge in [-0.05, 0) is 67.0 Å². The molecule has 5 heteroatoms. The molecule has 0 aliphatic heterocycles. The minimum atomic E-state index is -3.93. The summed E-state index contributed by atoms with van der Waals surface area (Å²) >= 11 is 0. The van der Waals surface area contributed by atoms with Crippen molar-refractivity contribution in [2.75, 3.05) is 0 Å². The summed E-state index contributed by atoms with van der Waals surface area (Å²) in [5.41, 5.74) is 3.35. The highest BCUT2D eigenvalue weighted by Gasteiger charge is 2.25. The Morgan fingerprint density at radius 1 is 1.00 bits per heavy atom. The third kappa shape index (κ3) is 5.42. The highest BCUT2D eigenvalue weighted by Crippen LogP contribution is 2.30. The molecule has 0 amide bonds. The molecule has 2 aromatic carbocycles. The number of carbonyl (C=O) groups is 1. The average molecular weight is 389 g/mol. The summed E-state index contributed by atoms with van der Waals surface area (Å²) in [6.45, 7) is 11.4. The van der Waals surface area contributed by atoms with E-state index in [1.54, 1.807) is 45.0 Å². The van der Waals surface area contributed by atoms with Crippen LogP contribution in [0.15, 0.2) is 41.3 Å². The third-order valence-electron chi connectivity index (χ3n) is 4.47. The number of hydrogen-bond acceptors (Lipinski definition) is 4. The van der Waals surface area contributed by atoms with Gasteiger partial charge in [0.15, 0.2) is 0 Å². The predicted octanol–water partition coefficient (Wildman–Crippen LogP) is 4.89. The second-order valence-electron chi connectivity index (χ2n) is 8.07. The average Bonchev–Trinajstić information content (AvgIpc) is 2.52. The van der Waals surface area contributed by atoms with Gasteiger partial charge in [-0.15, -0.1) is 0 Å². The molecule has 2 aromatic rings. The normalized spacial score (nSPS) is 12.1. The van der Waals surface area contributed by atoms with Crippen LogP contribution in [0.2, 0.25) is 0 Å². The Morgan fingerprint density at radius 3 is 1.96 bits per heavy atom. The first kappa shape index (κ1) is 21.2. The Kier molecular flexibility index (Phi) is 6.15. The topological polar surface area (TPSA) is 60.4 Å². The lowest BCUT2D eigenvalue weighted by atomic mass is 9.85. The molecular weight excluding hydrogens is 360 g/mol. The highest BCUT2D eigenvalue weighted by atomic mass is 32.2. The lowest BCUT2D eigenvalue weighted by Gasteiger charge is -2.22. The maximum Gasteiger partial charge on any atom is 0.339 e. The molecule has 27 heavy (non-hydrogen) atoms. The molecular formula is C22H28O4S. The lowest BCUT2D eigenvalue weighted by Crippen LogP contribution is -2.16. The minimum Gasteiger partial charge on any atom is -0.379 e. The van der Waals surface area contributed by atoms with E-state index in [0.29, 0.717) is 24.0 Å². The van der Waals surface area contributed by atoms with Crippen molar-refractivity contribution in [3.8, 4) is 5.75 Å². The van der Waals surface area contributed by atoms with E-state index in [1.807, 2.05) is 12.1 Å². The summed E-state index contributed by atoms with van der Waals surface area (Å²) in [6.07, 6.45) is 1.10. The zero-order valence-corrected chi connectivity index (χ0v) is 17.7. The van der Waals surface area contributed by atoms with Crippen LogP contribution in [-0.2, 0) is 26.7 Å². The first-order valence-electron chi connectivity index (χ1n) is 9.05. The summed E-state index contributed by atoms with van der Waals surface area (Å²) in [7, 11) is -3.93. The van der Waals surface area contributed by atoms with Crippen LogP contribution < -0.4 is 4.18 Å². The zero-order valence-electron chi connectivity index (χ0n) is 16.9. The predicted molar refractivity (Wildman–Crippen MR) is 108 cm³/mol. The Morgan fingerprint density at radius 2 is 1.52 bits per heavy atom. The van der Waals surface area contributed by atoms with E-state index in [0.717, 1.165) is 11.1 Å². The van der Waals surface area contributed by atoms with Crippen molar-refractivity contribution in [3.63, 3.8) is 0 Å². The van der Waals surface area contributed by atoms with Gasteiger partial charge in [-0.2, -0.15) is 8.42 Å². The third-order valence-corrected chi connectivity index (χ3v) is 6.03. The van der Waals surface area contributed by atoms with Crippen molar-refractivity contribution >= 4 is 15.9 Å². The summed E-state index contributed by atoms with van der Waals surface area (Å²) in [5, 5.41) is 0. The highest BCUT2D eigenvalue weighted by molar-refractivity contribution is 7.87. The Hall–Kier alpha value is -2.14. The molecule has 0 bridgehead atoms. The number of aryl methyl sites for hydroxylation is 3. The smallest absolute Gasteiger partial charge is 0.339 e. The van der Waals surface area contributed by atoms with Gasteiger partial charge < -0.3 is 8.98 Å². The Labute approximate surface area is 162 Å². The summed E-state index contributed by atoms with van der Waals surface area (Å²) in [6, 6.07) is 10.6. The van der Waals surface area contributed by atoms with E-state index in [1.165, 1.54) is 0 Å². The maximum atomic E-state index is 12.8. The Balaban J connectivity index is 2.28. The van der Waals surface area contributed by atoms with E-state index in [2.05, 4.69) is 20.8 Å². The molecule has 0 saturated carbocycles. The van der Waals surface area contributed by atoms with Crippen molar-refractivity contribution in [1.29, 1.82) is 0 Å². The Bertz CT molecular complexity index is 910. The molecule has 2 rings (SSSR count). The summed E-state index contributed by atoms with van der Waals surface area (Å²) in [4.78, 5) is 11.3. The van der Waals surface area contributed by atoms with E-state index in [-0.39, 0.29) is 21.8 Å². The van der Waals surface area contributed by atoms with Crippen LogP contribution in [0.1, 0.15) is 56.4 Å². The van der Waals surface area contributed by atoms with Crippen LogP contribution >= 0.6 is 0 Å². The van der Waals surface area contributed by atoms with Crippen LogP contribution in [0, 0.1) is 13.8 Å². The van der Waals surface area contributed by atoms with Crippen molar-refractivity contribution in [3.05, 3.63) is 58.7 Å². The number of hydrogen-bond donors (Lipinski definition) is 0. The molecule has 0 saturated heterocycles. The van der Waals surface area contributed by atoms with Gasteiger partial charge in [0.25, 0.3) is 0 Å². The van der Waals surface area contributed by atoms with Gasteiger partial charge >= 0.3 is 10.1 Å². The van der Waals surface area contributed by atoms with Gasteiger partial charge in [0.05, 0.1) is 0 Å². The number of carbonyl (C=O) groups excluding carboxylic acids is 1. The van der Waals surface area contributed by atoms with Gasteiger partial charge in [-0.1, -0.05) is 45.0 Å². The minimum absolute atomic E-state index is 0.0611. The van der Waals surface area contributed by atoms with Crippen LogP contribution in [0.25, 0.3) is 0 Å². The fraction of sp³-hybridized carbons (Fsp3) is 0.409. The standard InChI is InChI=1S/C22H28O4S/c1-15-13-19(22(4,5)6)14-16(2)21(15)27(24,25)26-20-11-9-18(10-12-20)8-7-17(3)23/h9-14H,7-8H2,1-6H3. The fourth-order valence-corrected chi connectivity index (χ4v) is 4.33. The van der Waals surface area contributed by atoms with E-state index in [4.69, 9.17) is 4.18 Å². The molecule has 4 nitrogen and oxygen atoms in total. The zero-order chi connectivity index (χ0) is 20.4. The monoisotopic (exact) mass is 388 g/mol. The molecule has 0 aromatic heterocycles. The van der Waals surface area contributed by atoms with Gasteiger partial charge in [-0.25, -0.2) is 0 Å². The van der Waals surface area contributed by atoms with Gasteiger partial charge in [0, 0.05) is 6.42 Å². The van der Waals surface area contributed by atoms with Crippen molar-refractivity contribution in [2.24, 2.45) is 0 Å². The van der Waals surface area contributed by atoms with E-state index in [9.17, 15) is 13.2 Å². The quantitative estimate of drug-likeness (QED) is 0.661. The molecule has 0 fully saturated rings. The SMILES string of the molecule is CC(=O)CCc1ccc(OS(=O)(=O)c2c(C)cc(C(C)(C)C)cc2C)cc1. The molecule has 0 aliphatic rings. The maximum absolute atomic E-state index is 12.8. The molecule has 0 N–H and O–H groups in total. The molecule has 0 spiro atoms. The van der Waals surface area contributed by atoms with E-state index >= 15 is 0 Å². The molecule has 0 unspecified atom stereocenters. The van der Waals surface area contributed by atoms with Crippen molar-refractivity contribution in [2.45, 2.75) is 64.7 Å². The first-order valence-corrected chi connectivity index (χ1v) is 10.5. The number of rotatable bonds is 6. The molecule has 0 atom stereocenters. The van der Waals surface area contributed by atoms with Gasteiger partial charge in [0.2, 0.25) is 0 Å². The van der Waals surface area contributed by atoms with Gasteiger partial charge in [0.1, 0.15) is 16.4 Å². The lowest BCUT2D eigenvalue weighted by molar-refractivity contribution is -0.116. The second-order valence-corrected chi connectivity index (χ2v) is 9.56. The molecule has 146 valence electrons. The molecule has 0 aliphatic carbocycles. The van der Waals surface area contributed by atoms with Crippen LogP contribution in [0.3, 0.4) is 0 Å². The van der Waals surface area contributed by atoms with Crippen LogP contribution in [0.5, 0.6) is 5.75 Å². The number of benzene rings is 2. The summed E-state index contributed by atoms with van der Waals surface area (Å²) in [5.74, 6) is 0.392.